The Morgan fingerprint density at radius 2 is 1.76 bits per heavy atom. The number of nitrogens with two attached hydrogens (primary N) is 1. The first-order valence-electron chi connectivity index (χ1n) is 9.65. The second-order valence-electron chi connectivity index (χ2n) is 7.45. The van der Waals surface area contributed by atoms with Crippen molar-refractivity contribution in [2.24, 2.45) is 0 Å². The Hall–Kier alpha value is -2.05. The molecular weight excluding hydrogens is 409 g/mol. The highest BCUT2D eigenvalue weighted by molar-refractivity contribution is 5.85. The first-order valence-corrected chi connectivity index (χ1v) is 9.65. The minimum Gasteiger partial charge on any atom is -0.399 e. The third kappa shape index (κ3) is 6.47. The number of piperazine rings is 1. The number of amides is 1. The molecule has 0 aliphatic carbocycles. The number of rotatable bonds is 5. The van der Waals surface area contributed by atoms with Crippen LogP contribution in [0.3, 0.4) is 0 Å². The molecule has 0 saturated carbocycles. The number of hydrogen-bond donors (Lipinski definition) is 1. The van der Waals surface area contributed by atoms with E-state index in [0.29, 0.717) is 18.8 Å². The van der Waals surface area contributed by atoms with Crippen LogP contribution < -0.4 is 10.6 Å². The highest BCUT2D eigenvalue weighted by atomic mass is 35.5. The quantitative estimate of drug-likeness (QED) is 0.719. The molecule has 1 amide bonds. The molecule has 1 saturated heterocycles. The SMILES string of the molecule is Cc1cc(N2CCN(C(=O)CCc3ccccc3N)CC2)nc(C(C)C)n1.Cl.Cl. The van der Waals surface area contributed by atoms with E-state index in [9.17, 15) is 4.79 Å². The van der Waals surface area contributed by atoms with Gasteiger partial charge in [0.25, 0.3) is 0 Å². The summed E-state index contributed by atoms with van der Waals surface area (Å²) in [4.78, 5) is 26.0. The van der Waals surface area contributed by atoms with Crippen molar-refractivity contribution in [3.05, 3.63) is 47.4 Å². The van der Waals surface area contributed by atoms with E-state index in [1.54, 1.807) is 0 Å². The summed E-state index contributed by atoms with van der Waals surface area (Å²) >= 11 is 0. The number of benzene rings is 1. The van der Waals surface area contributed by atoms with Crippen molar-refractivity contribution in [3.63, 3.8) is 0 Å². The first kappa shape index (κ1) is 25.0. The minimum atomic E-state index is 0. The van der Waals surface area contributed by atoms with Crippen molar-refractivity contribution in [1.29, 1.82) is 0 Å². The number of anilines is 2. The molecule has 160 valence electrons. The van der Waals surface area contributed by atoms with Crippen molar-refractivity contribution >= 4 is 42.2 Å². The van der Waals surface area contributed by atoms with Crippen molar-refractivity contribution in [3.8, 4) is 0 Å². The minimum absolute atomic E-state index is 0. The lowest BCUT2D eigenvalue weighted by atomic mass is 10.1. The largest absolute Gasteiger partial charge is 0.399 e. The third-order valence-corrected chi connectivity index (χ3v) is 4.99. The fraction of sp³-hybridized carbons (Fsp3) is 0.476. The van der Waals surface area contributed by atoms with E-state index in [-0.39, 0.29) is 30.7 Å². The second kappa shape index (κ2) is 11.2. The van der Waals surface area contributed by atoms with Crippen molar-refractivity contribution < 1.29 is 4.79 Å². The molecule has 0 spiro atoms. The number of para-hydroxylation sites is 1. The fourth-order valence-electron chi connectivity index (χ4n) is 3.34. The predicted octanol–water partition coefficient (Wildman–Crippen LogP) is 3.62. The molecule has 6 nitrogen and oxygen atoms in total. The van der Waals surface area contributed by atoms with E-state index in [0.717, 1.165) is 54.8 Å². The average Bonchev–Trinajstić information content (AvgIpc) is 2.66. The molecule has 1 aliphatic rings. The third-order valence-electron chi connectivity index (χ3n) is 4.99. The monoisotopic (exact) mass is 439 g/mol. The van der Waals surface area contributed by atoms with E-state index < -0.39 is 0 Å². The molecule has 2 N–H and O–H groups in total. The van der Waals surface area contributed by atoms with Crippen LogP contribution in [0.25, 0.3) is 0 Å². The van der Waals surface area contributed by atoms with Crippen LogP contribution in [0.4, 0.5) is 11.5 Å². The van der Waals surface area contributed by atoms with E-state index in [1.807, 2.05) is 42.2 Å². The Morgan fingerprint density at radius 3 is 2.38 bits per heavy atom. The van der Waals surface area contributed by atoms with Crippen molar-refractivity contribution in [2.45, 2.75) is 39.5 Å². The maximum Gasteiger partial charge on any atom is 0.223 e. The van der Waals surface area contributed by atoms with E-state index in [4.69, 9.17) is 10.7 Å². The molecule has 8 heteroatoms. The highest BCUT2D eigenvalue weighted by Gasteiger charge is 2.22. The van der Waals surface area contributed by atoms with Crippen LogP contribution in [0.5, 0.6) is 0 Å². The fourth-order valence-corrected chi connectivity index (χ4v) is 3.34. The van der Waals surface area contributed by atoms with Gasteiger partial charge in [0.1, 0.15) is 11.6 Å². The second-order valence-corrected chi connectivity index (χ2v) is 7.45. The Labute approximate surface area is 185 Å². The van der Waals surface area contributed by atoms with Crippen LogP contribution in [0, 0.1) is 6.92 Å². The number of aryl methyl sites for hydroxylation is 2. The molecular formula is C21H31Cl2N5O. The van der Waals surface area contributed by atoms with Gasteiger partial charge >= 0.3 is 0 Å². The van der Waals surface area contributed by atoms with Crippen LogP contribution in [-0.4, -0.2) is 47.0 Å². The van der Waals surface area contributed by atoms with Gasteiger partial charge in [-0.25, -0.2) is 9.97 Å². The summed E-state index contributed by atoms with van der Waals surface area (Å²) < 4.78 is 0. The van der Waals surface area contributed by atoms with Crippen LogP contribution >= 0.6 is 24.8 Å². The van der Waals surface area contributed by atoms with Gasteiger partial charge < -0.3 is 15.5 Å². The Morgan fingerprint density at radius 1 is 1.10 bits per heavy atom. The van der Waals surface area contributed by atoms with E-state index in [2.05, 4.69) is 23.7 Å². The maximum absolute atomic E-state index is 12.6. The lowest BCUT2D eigenvalue weighted by molar-refractivity contribution is -0.131. The Kier molecular flexibility index (Phi) is 9.66. The molecule has 2 heterocycles. The van der Waals surface area contributed by atoms with E-state index >= 15 is 0 Å². The summed E-state index contributed by atoms with van der Waals surface area (Å²) in [5.74, 6) is 2.34. The molecule has 2 aromatic rings. The highest BCUT2D eigenvalue weighted by Crippen LogP contribution is 2.19. The summed E-state index contributed by atoms with van der Waals surface area (Å²) in [5, 5.41) is 0. The maximum atomic E-state index is 12.6. The molecule has 0 radical (unpaired) electrons. The number of hydrogen-bond acceptors (Lipinski definition) is 5. The zero-order valence-corrected chi connectivity index (χ0v) is 18.9. The number of nitrogen functional groups attached to an aromatic ring is 1. The van der Waals surface area contributed by atoms with Gasteiger partial charge in [-0.3, -0.25) is 4.79 Å². The normalized spacial score (nSPS) is 13.7. The summed E-state index contributed by atoms with van der Waals surface area (Å²) in [5.41, 5.74) is 8.76. The number of carbonyl (C=O) groups is 1. The predicted molar refractivity (Wildman–Crippen MR) is 123 cm³/mol. The summed E-state index contributed by atoms with van der Waals surface area (Å²) in [7, 11) is 0. The van der Waals surface area contributed by atoms with Gasteiger partial charge in [-0.1, -0.05) is 32.0 Å². The summed E-state index contributed by atoms with van der Waals surface area (Å²) in [6.07, 6.45) is 1.19. The molecule has 1 aromatic heterocycles. The number of carbonyl (C=O) groups excluding carboxylic acids is 1. The van der Waals surface area contributed by atoms with Gasteiger partial charge in [0, 0.05) is 56.0 Å². The van der Waals surface area contributed by atoms with Gasteiger partial charge in [-0.2, -0.15) is 0 Å². The number of nitrogens with zero attached hydrogens (tertiary/aromatic N) is 4. The van der Waals surface area contributed by atoms with Crippen molar-refractivity contribution in [2.75, 3.05) is 36.8 Å². The van der Waals surface area contributed by atoms with Gasteiger partial charge in [0.15, 0.2) is 0 Å². The van der Waals surface area contributed by atoms with Crippen molar-refractivity contribution in [1.82, 2.24) is 14.9 Å². The van der Waals surface area contributed by atoms with Crippen LogP contribution in [0.2, 0.25) is 0 Å². The molecule has 29 heavy (non-hydrogen) atoms. The van der Waals surface area contributed by atoms with Crippen LogP contribution in [-0.2, 0) is 11.2 Å². The number of halogens is 2. The van der Waals surface area contributed by atoms with E-state index in [1.165, 1.54) is 0 Å². The molecule has 1 fully saturated rings. The lowest BCUT2D eigenvalue weighted by Gasteiger charge is -2.35. The topological polar surface area (TPSA) is 75.3 Å². The molecule has 0 unspecified atom stereocenters. The van der Waals surface area contributed by atoms with Gasteiger partial charge in [-0.05, 0) is 25.0 Å². The van der Waals surface area contributed by atoms with Gasteiger partial charge in [0.2, 0.25) is 5.91 Å². The number of aromatic nitrogens is 2. The lowest BCUT2D eigenvalue weighted by Crippen LogP contribution is -2.49. The summed E-state index contributed by atoms with van der Waals surface area (Å²) in [6.45, 7) is 9.27. The van der Waals surface area contributed by atoms with Crippen LogP contribution in [0.1, 0.15) is 43.3 Å². The molecule has 1 aliphatic heterocycles. The molecule has 3 rings (SSSR count). The smallest absolute Gasteiger partial charge is 0.223 e. The van der Waals surface area contributed by atoms with Gasteiger partial charge in [-0.15, -0.1) is 24.8 Å². The Bertz CT molecular complexity index is 807. The standard InChI is InChI=1S/C21H29N5O.2ClH/c1-15(2)21-23-16(3)14-19(24-21)25-10-12-26(13-11-25)20(27)9-8-17-6-4-5-7-18(17)22;;/h4-7,14-15H,8-13,22H2,1-3H3;2*1H. The zero-order valence-electron chi connectivity index (χ0n) is 17.3. The van der Waals surface area contributed by atoms with Crippen LogP contribution in [0.15, 0.2) is 30.3 Å². The molecule has 0 bridgehead atoms. The summed E-state index contributed by atoms with van der Waals surface area (Å²) in [6, 6.07) is 9.78. The average molecular weight is 440 g/mol. The molecule has 0 atom stereocenters. The van der Waals surface area contributed by atoms with Gasteiger partial charge in [0.05, 0.1) is 0 Å². The zero-order chi connectivity index (χ0) is 19.4. The molecule has 1 aromatic carbocycles. The first-order chi connectivity index (χ1) is 12.9. The Balaban J connectivity index is 0.00000210.